The quantitative estimate of drug-likeness (QED) is 0.773. The van der Waals surface area contributed by atoms with Crippen molar-refractivity contribution < 1.29 is 33.6 Å². The van der Waals surface area contributed by atoms with E-state index in [9.17, 15) is 9.90 Å². The van der Waals surface area contributed by atoms with Gasteiger partial charge >= 0.3 is 5.97 Å². The summed E-state index contributed by atoms with van der Waals surface area (Å²) in [4.78, 5) is 11.8. The molecule has 5 fully saturated rings. The molecule has 1 N–H and O–H groups in total. The first-order valence-corrected chi connectivity index (χ1v) is 9.69. The topological polar surface area (TPSA) is 83.5 Å². The van der Waals surface area contributed by atoms with Gasteiger partial charge in [-0.15, -0.1) is 0 Å². The van der Waals surface area contributed by atoms with E-state index in [0.717, 1.165) is 57.8 Å². The Balaban J connectivity index is 1.43. The zero-order valence-electron chi connectivity index (χ0n) is 14.4. The van der Waals surface area contributed by atoms with Gasteiger partial charge in [-0.1, -0.05) is 12.8 Å². The predicted molar refractivity (Wildman–Crippen MR) is 83.6 cm³/mol. The van der Waals surface area contributed by atoms with Gasteiger partial charge in [0, 0.05) is 25.7 Å². The van der Waals surface area contributed by atoms with Crippen molar-refractivity contribution in [1.82, 2.24) is 0 Å². The molecule has 7 nitrogen and oxygen atoms in total. The molecule has 2 spiro atoms. The Bertz CT molecular complexity index is 538. The molecule has 2 aliphatic carbocycles. The van der Waals surface area contributed by atoms with Gasteiger partial charge < -0.3 is 28.8 Å². The van der Waals surface area contributed by atoms with E-state index in [1.54, 1.807) is 0 Å². The van der Waals surface area contributed by atoms with E-state index >= 15 is 0 Å². The van der Waals surface area contributed by atoms with Crippen LogP contribution in [-0.4, -0.2) is 53.4 Å². The van der Waals surface area contributed by atoms with Crippen LogP contribution in [0.1, 0.15) is 64.2 Å². The van der Waals surface area contributed by atoms with Crippen LogP contribution in [0.3, 0.4) is 0 Å². The lowest BCUT2D eigenvalue weighted by Gasteiger charge is -2.35. The molecule has 0 bridgehead atoms. The minimum absolute atomic E-state index is 0.417. The number of rotatable bonds is 1. The van der Waals surface area contributed by atoms with Crippen LogP contribution in [0.2, 0.25) is 0 Å². The van der Waals surface area contributed by atoms with Crippen LogP contribution in [0.25, 0.3) is 0 Å². The van der Waals surface area contributed by atoms with Crippen molar-refractivity contribution in [3.05, 3.63) is 0 Å². The lowest BCUT2D eigenvalue weighted by atomic mass is 9.94. The second-order valence-corrected chi connectivity index (χ2v) is 8.07. The average Bonchev–Trinajstić information content (AvgIpc) is 3.13. The first-order valence-electron chi connectivity index (χ1n) is 9.69. The van der Waals surface area contributed by atoms with Gasteiger partial charge in [0.15, 0.2) is 24.0 Å². The lowest BCUT2D eigenvalue weighted by Crippen LogP contribution is -2.57. The Kier molecular flexibility index (Phi) is 3.87. The molecule has 0 aromatic heterocycles. The largest absolute Gasteiger partial charge is 0.479 e. The third-order valence-electron chi connectivity index (χ3n) is 6.35. The van der Waals surface area contributed by atoms with Crippen LogP contribution in [0, 0.1) is 0 Å². The van der Waals surface area contributed by atoms with Crippen molar-refractivity contribution in [1.29, 1.82) is 0 Å². The van der Waals surface area contributed by atoms with E-state index in [2.05, 4.69) is 0 Å². The fraction of sp³-hybridized carbons (Fsp3) is 0.944. The van der Waals surface area contributed by atoms with Gasteiger partial charge in [-0.05, 0) is 25.7 Å². The lowest BCUT2D eigenvalue weighted by molar-refractivity contribution is -0.251. The van der Waals surface area contributed by atoms with Gasteiger partial charge in [-0.25, -0.2) is 4.79 Å². The molecule has 0 aromatic rings. The van der Waals surface area contributed by atoms with Gasteiger partial charge in [0.05, 0.1) is 0 Å². The van der Waals surface area contributed by atoms with Crippen LogP contribution >= 0.6 is 0 Å². The fourth-order valence-electron chi connectivity index (χ4n) is 5.16. The molecule has 0 amide bonds. The number of carbonyl (C=O) groups is 1. The third kappa shape index (κ3) is 2.63. The Morgan fingerprint density at radius 2 is 1.24 bits per heavy atom. The first-order chi connectivity index (χ1) is 12.1. The minimum Gasteiger partial charge on any atom is -0.479 e. The summed E-state index contributed by atoms with van der Waals surface area (Å²) in [5.74, 6) is -2.35. The van der Waals surface area contributed by atoms with Crippen molar-refractivity contribution in [3.8, 4) is 0 Å². The maximum Gasteiger partial charge on any atom is 0.335 e. The van der Waals surface area contributed by atoms with E-state index in [1.165, 1.54) is 6.42 Å². The number of fused-ring (bicyclic) bond motifs is 3. The van der Waals surface area contributed by atoms with Gasteiger partial charge in [-0.3, -0.25) is 0 Å². The van der Waals surface area contributed by atoms with Gasteiger partial charge in [-0.2, -0.15) is 0 Å². The molecule has 0 unspecified atom stereocenters. The van der Waals surface area contributed by atoms with Crippen molar-refractivity contribution >= 4 is 5.97 Å². The van der Waals surface area contributed by atoms with Crippen LogP contribution in [-0.2, 0) is 28.5 Å². The molecule has 3 saturated heterocycles. The molecule has 7 heteroatoms. The SMILES string of the molecule is O=C(O)[C@@H]1O[C@@H]2OC3(CCCCC3)O[C@@H]2[C@H]2OC3(CCCCC3)O[C@@H]21. The molecule has 0 radical (unpaired) electrons. The third-order valence-corrected chi connectivity index (χ3v) is 6.35. The van der Waals surface area contributed by atoms with Crippen molar-refractivity contribution in [2.24, 2.45) is 0 Å². The summed E-state index contributed by atoms with van der Waals surface area (Å²) < 4.78 is 30.8. The maximum absolute atomic E-state index is 11.8. The van der Waals surface area contributed by atoms with Crippen molar-refractivity contribution in [2.75, 3.05) is 0 Å². The number of carboxylic acid groups (broad SMARTS) is 1. The van der Waals surface area contributed by atoms with E-state index in [1.807, 2.05) is 0 Å². The second-order valence-electron chi connectivity index (χ2n) is 8.07. The fourth-order valence-corrected chi connectivity index (χ4v) is 5.16. The predicted octanol–water partition coefficient (Wildman–Crippen LogP) is 2.32. The van der Waals surface area contributed by atoms with Gasteiger partial charge in [0.1, 0.15) is 18.3 Å². The number of aliphatic carboxylic acids is 1. The standard InChI is InChI=1S/C18H26O7/c19-15(20)13-11-12(23-17(22-11)7-3-1-4-8-17)14-16(21-13)25-18(24-14)9-5-2-6-10-18/h11-14,16H,1-10H2,(H,19,20)/t11-,12-,13+,14+,16+/m0/s1. The summed E-state index contributed by atoms with van der Waals surface area (Å²) in [6.07, 6.45) is 6.50. The number of carboxylic acids is 1. The summed E-state index contributed by atoms with van der Waals surface area (Å²) in [6.45, 7) is 0. The van der Waals surface area contributed by atoms with E-state index < -0.39 is 48.2 Å². The summed E-state index contributed by atoms with van der Waals surface area (Å²) in [5.41, 5.74) is 0. The summed E-state index contributed by atoms with van der Waals surface area (Å²) in [5, 5.41) is 9.64. The van der Waals surface area contributed by atoms with E-state index in [-0.39, 0.29) is 0 Å². The molecule has 25 heavy (non-hydrogen) atoms. The monoisotopic (exact) mass is 354 g/mol. The van der Waals surface area contributed by atoms with E-state index in [0.29, 0.717) is 0 Å². The number of ether oxygens (including phenoxy) is 5. The van der Waals surface area contributed by atoms with Crippen LogP contribution in [0.4, 0.5) is 0 Å². The Hall–Kier alpha value is -0.730. The average molecular weight is 354 g/mol. The summed E-state index contributed by atoms with van der Waals surface area (Å²) in [7, 11) is 0. The highest BCUT2D eigenvalue weighted by atomic mass is 16.9. The highest BCUT2D eigenvalue weighted by molar-refractivity contribution is 5.73. The van der Waals surface area contributed by atoms with Crippen molar-refractivity contribution in [2.45, 2.75) is 106 Å². The second kappa shape index (κ2) is 5.89. The maximum atomic E-state index is 11.8. The molecule has 3 heterocycles. The number of hydrogen-bond donors (Lipinski definition) is 1. The smallest absolute Gasteiger partial charge is 0.335 e. The molecule has 140 valence electrons. The van der Waals surface area contributed by atoms with Crippen molar-refractivity contribution in [3.63, 3.8) is 0 Å². The zero-order valence-corrected chi connectivity index (χ0v) is 14.4. The van der Waals surface area contributed by atoms with Gasteiger partial charge in [0.2, 0.25) is 0 Å². The Morgan fingerprint density at radius 1 is 0.720 bits per heavy atom. The first kappa shape index (κ1) is 16.4. The van der Waals surface area contributed by atoms with Crippen LogP contribution in [0.5, 0.6) is 0 Å². The highest BCUT2D eigenvalue weighted by Gasteiger charge is 2.65. The minimum atomic E-state index is -1.07. The molecule has 5 atom stereocenters. The molecule has 5 rings (SSSR count). The molecule has 0 aromatic carbocycles. The molecule has 3 aliphatic heterocycles. The summed E-state index contributed by atoms with van der Waals surface area (Å²) in [6, 6.07) is 0. The van der Waals surface area contributed by atoms with Crippen LogP contribution in [0.15, 0.2) is 0 Å². The molecular weight excluding hydrogens is 328 g/mol. The Morgan fingerprint density at radius 3 is 1.84 bits per heavy atom. The van der Waals surface area contributed by atoms with Crippen LogP contribution < -0.4 is 0 Å². The molecule has 2 saturated carbocycles. The normalized spacial score (nSPS) is 44.6. The van der Waals surface area contributed by atoms with Gasteiger partial charge in [0.25, 0.3) is 0 Å². The summed E-state index contributed by atoms with van der Waals surface area (Å²) >= 11 is 0. The number of hydrogen-bond acceptors (Lipinski definition) is 6. The molecular formula is C18H26O7. The highest BCUT2D eigenvalue weighted by Crippen LogP contribution is 2.50. The van der Waals surface area contributed by atoms with E-state index in [4.69, 9.17) is 23.7 Å². The zero-order chi connectivity index (χ0) is 17.1. The Labute approximate surface area is 146 Å². The molecule has 5 aliphatic rings.